The van der Waals surface area contributed by atoms with Crippen molar-refractivity contribution < 1.29 is 53.1 Å². The molecule has 0 aromatic heterocycles. The molecule has 240 valence electrons. The molecule has 2 N–H and O–H groups in total. The molecule has 0 saturated carbocycles. The van der Waals surface area contributed by atoms with Crippen LogP contribution in [0, 0.1) is 10.8 Å². The molecule has 19 heteroatoms. The zero-order valence-electron chi connectivity index (χ0n) is 22.8. The average Bonchev–Trinajstić information content (AvgIpc) is 2.83. The van der Waals surface area contributed by atoms with E-state index in [1.54, 1.807) is 0 Å². The van der Waals surface area contributed by atoms with E-state index in [1.807, 2.05) is 0 Å². The summed E-state index contributed by atoms with van der Waals surface area (Å²) in [5.41, 5.74) is -3.05. The Labute approximate surface area is 283 Å². The minimum Gasteiger partial charge on any atom is -0.463 e. The lowest BCUT2D eigenvalue weighted by Gasteiger charge is -2.35. The van der Waals surface area contributed by atoms with E-state index in [1.165, 1.54) is 27.7 Å². The highest BCUT2D eigenvalue weighted by Crippen LogP contribution is 2.29. The van der Waals surface area contributed by atoms with Crippen LogP contribution in [0.1, 0.15) is 27.7 Å². The summed E-state index contributed by atoms with van der Waals surface area (Å²) in [5.74, 6) is -3.41. The summed E-state index contributed by atoms with van der Waals surface area (Å²) >= 11 is 32.2. The summed E-state index contributed by atoms with van der Waals surface area (Å²) in [4.78, 5) is 49.1. The molecule has 0 unspecified atom stereocenters. The van der Waals surface area contributed by atoms with Crippen molar-refractivity contribution in [2.75, 3.05) is 52.9 Å². The number of hydrogen-bond acceptors (Lipinski definition) is 19. The lowest BCUT2D eigenvalue weighted by Crippen LogP contribution is -2.47. The average molecular weight is 735 g/mol. The standard InChI is InChI=1S/C22H38O11S8/c1-17(34,35)13(25)30-9-21(5-23,10-31-14(26)18(2,36)37)7-29-8-22(6-24,11-32-15(27)19(3,38)39)12-33-16(28)20(4,40)41/h23-24,34-41H,5-12H2,1-4H3. The molecule has 0 saturated heterocycles. The number of ether oxygens (including phenoxy) is 5. The largest absolute Gasteiger partial charge is 0.463 e. The summed E-state index contributed by atoms with van der Waals surface area (Å²) in [6, 6.07) is 0. The van der Waals surface area contributed by atoms with Crippen LogP contribution in [0.3, 0.4) is 0 Å². The molecule has 0 aliphatic carbocycles. The first-order chi connectivity index (χ1) is 18.3. The van der Waals surface area contributed by atoms with Gasteiger partial charge in [-0.25, -0.2) is 19.2 Å². The summed E-state index contributed by atoms with van der Waals surface area (Å²) < 4.78 is 20.8. The van der Waals surface area contributed by atoms with E-state index in [0.717, 1.165) is 0 Å². The van der Waals surface area contributed by atoms with Gasteiger partial charge in [0.25, 0.3) is 0 Å². The van der Waals surface area contributed by atoms with Crippen LogP contribution in [0.15, 0.2) is 0 Å². The first-order valence-electron chi connectivity index (χ1n) is 11.6. The Kier molecular flexibility index (Phi) is 17.0. The van der Waals surface area contributed by atoms with Crippen LogP contribution in [0.25, 0.3) is 0 Å². The van der Waals surface area contributed by atoms with E-state index < -0.39 is 104 Å². The zero-order valence-corrected chi connectivity index (χ0v) is 30.0. The predicted octanol–water partition coefficient (Wildman–Crippen LogP) is 1.44. The SMILES string of the molecule is CC(S)(S)C(=O)OCC(CO)(COCC(CO)(COC(=O)C(C)(S)S)COC(=O)C(C)(S)S)COC(=O)C(C)(S)S. The Morgan fingerprint density at radius 3 is 0.805 bits per heavy atom. The van der Waals surface area contributed by atoms with E-state index in [-0.39, 0.29) is 0 Å². The molecule has 0 radical (unpaired) electrons. The molecule has 41 heavy (non-hydrogen) atoms. The number of thiol groups is 8. The van der Waals surface area contributed by atoms with Crippen LogP contribution >= 0.6 is 101 Å². The second-order valence-corrected chi connectivity index (χ2v) is 18.8. The van der Waals surface area contributed by atoms with Crippen molar-refractivity contribution in [3.8, 4) is 0 Å². The fourth-order valence-electron chi connectivity index (χ4n) is 2.43. The molecular formula is C22H38O11S8. The smallest absolute Gasteiger partial charge is 0.331 e. The quantitative estimate of drug-likeness (QED) is 0.0431. The third-order valence-electron chi connectivity index (χ3n) is 5.07. The molecule has 0 aromatic carbocycles. The first-order valence-corrected chi connectivity index (χ1v) is 15.2. The Bertz CT molecular complexity index is 773. The lowest BCUT2D eigenvalue weighted by molar-refractivity contribution is -0.168. The van der Waals surface area contributed by atoms with Crippen LogP contribution in [-0.2, 0) is 42.9 Å². The topological polar surface area (TPSA) is 155 Å². The highest BCUT2D eigenvalue weighted by atomic mass is 32.2. The van der Waals surface area contributed by atoms with Crippen LogP contribution in [0.5, 0.6) is 0 Å². The van der Waals surface area contributed by atoms with Crippen molar-refractivity contribution in [3.05, 3.63) is 0 Å². The van der Waals surface area contributed by atoms with E-state index >= 15 is 0 Å². The number of hydrogen-bond donors (Lipinski definition) is 10. The minimum absolute atomic E-state index is 0.423. The van der Waals surface area contributed by atoms with Gasteiger partial charge in [-0.05, 0) is 27.7 Å². The second kappa shape index (κ2) is 16.7. The molecule has 0 bridgehead atoms. The van der Waals surface area contributed by atoms with Crippen molar-refractivity contribution in [3.63, 3.8) is 0 Å². The van der Waals surface area contributed by atoms with Gasteiger partial charge in [0.2, 0.25) is 0 Å². The Hall–Kier alpha value is 0.560. The fourth-order valence-corrected chi connectivity index (χ4v) is 2.95. The van der Waals surface area contributed by atoms with Gasteiger partial charge in [0.1, 0.15) is 26.4 Å². The normalized spacial score (nSPS) is 13.4. The number of rotatable bonds is 18. The van der Waals surface area contributed by atoms with Crippen LogP contribution in [0.4, 0.5) is 0 Å². The van der Waals surface area contributed by atoms with Crippen molar-refractivity contribution in [1.82, 2.24) is 0 Å². The Balaban J connectivity index is 6.00. The van der Waals surface area contributed by atoms with Crippen molar-refractivity contribution in [1.29, 1.82) is 0 Å². The van der Waals surface area contributed by atoms with Crippen molar-refractivity contribution >= 4 is 125 Å². The van der Waals surface area contributed by atoms with Gasteiger partial charge in [0.05, 0.1) is 37.3 Å². The van der Waals surface area contributed by atoms with Gasteiger partial charge in [-0.2, -0.15) is 101 Å². The van der Waals surface area contributed by atoms with E-state index in [0.29, 0.717) is 0 Å². The van der Waals surface area contributed by atoms with Gasteiger partial charge < -0.3 is 33.9 Å². The number of carbonyl (C=O) groups is 4. The summed E-state index contributed by atoms with van der Waals surface area (Å²) in [7, 11) is 0. The van der Waals surface area contributed by atoms with Crippen molar-refractivity contribution in [2.45, 2.75) is 44.0 Å². The van der Waals surface area contributed by atoms with Crippen LogP contribution < -0.4 is 0 Å². The first kappa shape index (κ1) is 41.6. The highest BCUT2D eigenvalue weighted by molar-refractivity contribution is 8.02. The van der Waals surface area contributed by atoms with Gasteiger partial charge in [0.15, 0.2) is 16.3 Å². The number of esters is 4. The van der Waals surface area contributed by atoms with Gasteiger partial charge in [0, 0.05) is 0 Å². The van der Waals surface area contributed by atoms with Crippen LogP contribution in [-0.4, -0.2) is 103 Å². The summed E-state index contributed by atoms with van der Waals surface area (Å²) in [6.45, 7) is 1.19. The Morgan fingerprint density at radius 1 is 0.463 bits per heavy atom. The maximum absolute atomic E-state index is 12.3. The minimum atomic E-state index is -1.52. The molecule has 0 fully saturated rings. The number of aliphatic hydroxyl groups excluding tert-OH is 2. The molecular weight excluding hydrogens is 697 g/mol. The van der Waals surface area contributed by atoms with Crippen molar-refractivity contribution in [2.24, 2.45) is 10.8 Å². The zero-order chi connectivity index (χ0) is 32.5. The molecule has 0 aromatic rings. The van der Waals surface area contributed by atoms with Crippen LogP contribution in [0.2, 0.25) is 0 Å². The summed E-state index contributed by atoms with van der Waals surface area (Å²) in [6.07, 6.45) is 0. The molecule has 0 aliphatic heterocycles. The highest BCUT2D eigenvalue weighted by Gasteiger charge is 2.41. The Morgan fingerprint density at radius 2 is 0.659 bits per heavy atom. The molecule has 0 heterocycles. The maximum Gasteiger partial charge on any atom is 0.331 e. The lowest BCUT2D eigenvalue weighted by atomic mass is 9.90. The van der Waals surface area contributed by atoms with Gasteiger partial charge >= 0.3 is 23.9 Å². The molecule has 11 nitrogen and oxygen atoms in total. The monoisotopic (exact) mass is 734 g/mol. The number of aliphatic hydroxyl groups is 2. The van der Waals surface area contributed by atoms with E-state index in [2.05, 4.69) is 101 Å². The van der Waals surface area contributed by atoms with E-state index in [9.17, 15) is 29.4 Å². The molecule has 0 rings (SSSR count). The van der Waals surface area contributed by atoms with Gasteiger partial charge in [-0.15, -0.1) is 0 Å². The fraction of sp³-hybridized carbons (Fsp3) is 0.818. The van der Waals surface area contributed by atoms with Gasteiger partial charge in [-0.1, -0.05) is 0 Å². The molecule has 0 amide bonds. The number of carbonyl (C=O) groups excluding carboxylic acids is 4. The molecule has 0 aliphatic rings. The second-order valence-electron chi connectivity index (χ2n) is 10.2. The predicted molar refractivity (Wildman–Crippen MR) is 179 cm³/mol. The maximum atomic E-state index is 12.3. The summed E-state index contributed by atoms with van der Waals surface area (Å²) in [5, 5.41) is 20.5. The van der Waals surface area contributed by atoms with E-state index in [4.69, 9.17) is 23.7 Å². The molecule has 0 atom stereocenters. The molecule has 0 spiro atoms. The third kappa shape index (κ3) is 15.4. The van der Waals surface area contributed by atoms with Gasteiger partial charge in [-0.3, -0.25) is 0 Å². The third-order valence-corrected chi connectivity index (χ3v) is 6.53.